The average molecular weight is 415 g/mol. The van der Waals surface area contributed by atoms with E-state index in [4.69, 9.17) is 18.9 Å². The summed E-state index contributed by atoms with van der Waals surface area (Å²) >= 11 is 0. The zero-order valence-corrected chi connectivity index (χ0v) is 17.9. The minimum absolute atomic E-state index is 0.164. The van der Waals surface area contributed by atoms with Crippen LogP contribution in [0.3, 0.4) is 0 Å². The van der Waals surface area contributed by atoms with Crippen LogP contribution in [0, 0.1) is 0 Å². The molecule has 0 aromatic heterocycles. The first-order valence-corrected chi connectivity index (χ1v) is 9.87. The standard InChI is InChI=1S/C23H29NO6/c1-5-29-19-9-7-6-8-18(19)11-13-22(25)30-16(2)23(26)24-15-17-10-12-20(27-3)21(14-17)28-4/h6-10,12,14,16H,5,11,13,15H2,1-4H3,(H,24,26). The van der Waals surface area contributed by atoms with Crippen LogP contribution >= 0.6 is 0 Å². The molecule has 1 N–H and O–H groups in total. The number of methoxy groups -OCH3 is 2. The van der Waals surface area contributed by atoms with E-state index in [1.165, 1.54) is 0 Å². The highest BCUT2D eigenvalue weighted by atomic mass is 16.5. The number of nitrogens with one attached hydrogen (secondary N) is 1. The molecule has 162 valence electrons. The summed E-state index contributed by atoms with van der Waals surface area (Å²) in [4.78, 5) is 24.4. The monoisotopic (exact) mass is 415 g/mol. The molecular formula is C23H29NO6. The first-order valence-electron chi connectivity index (χ1n) is 9.87. The van der Waals surface area contributed by atoms with E-state index in [-0.39, 0.29) is 18.9 Å². The van der Waals surface area contributed by atoms with Crippen LogP contribution in [0.5, 0.6) is 17.2 Å². The molecule has 0 spiro atoms. The number of hydrogen-bond donors (Lipinski definition) is 1. The van der Waals surface area contributed by atoms with E-state index in [1.54, 1.807) is 33.3 Å². The second kappa shape index (κ2) is 11.7. The highest BCUT2D eigenvalue weighted by molar-refractivity contribution is 5.83. The Morgan fingerprint density at radius 1 is 1.00 bits per heavy atom. The molecule has 0 bridgehead atoms. The summed E-state index contributed by atoms with van der Waals surface area (Å²) in [6.45, 7) is 4.30. The van der Waals surface area contributed by atoms with Gasteiger partial charge in [0, 0.05) is 13.0 Å². The van der Waals surface area contributed by atoms with Gasteiger partial charge in [-0.15, -0.1) is 0 Å². The van der Waals surface area contributed by atoms with Gasteiger partial charge in [-0.3, -0.25) is 9.59 Å². The topological polar surface area (TPSA) is 83.1 Å². The predicted octanol–water partition coefficient (Wildman–Crippen LogP) is 3.28. The lowest BCUT2D eigenvalue weighted by Gasteiger charge is -2.15. The summed E-state index contributed by atoms with van der Waals surface area (Å²) in [5.74, 6) is 1.15. The van der Waals surface area contributed by atoms with Crippen molar-refractivity contribution in [1.29, 1.82) is 0 Å². The van der Waals surface area contributed by atoms with Crippen molar-refractivity contribution in [2.75, 3.05) is 20.8 Å². The lowest BCUT2D eigenvalue weighted by atomic mass is 10.1. The van der Waals surface area contributed by atoms with Gasteiger partial charge in [-0.2, -0.15) is 0 Å². The SMILES string of the molecule is CCOc1ccccc1CCC(=O)OC(C)C(=O)NCc1ccc(OC)c(OC)c1. The second-order valence-electron chi connectivity index (χ2n) is 6.58. The van der Waals surface area contributed by atoms with Gasteiger partial charge in [0.05, 0.1) is 20.8 Å². The van der Waals surface area contributed by atoms with Gasteiger partial charge in [-0.25, -0.2) is 0 Å². The van der Waals surface area contributed by atoms with Crippen LogP contribution in [0.2, 0.25) is 0 Å². The van der Waals surface area contributed by atoms with Crippen molar-refractivity contribution in [1.82, 2.24) is 5.32 Å². The van der Waals surface area contributed by atoms with E-state index in [0.29, 0.717) is 24.5 Å². The molecular weight excluding hydrogens is 386 g/mol. The third kappa shape index (κ3) is 6.69. The van der Waals surface area contributed by atoms with Crippen LogP contribution in [0.4, 0.5) is 0 Å². The van der Waals surface area contributed by atoms with Gasteiger partial charge in [-0.05, 0) is 49.6 Å². The summed E-state index contributed by atoms with van der Waals surface area (Å²) in [5.41, 5.74) is 1.77. The van der Waals surface area contributed by atoms with Crippen molar-refractivity contribution in [3.63, 3.8) is 0 Å². The van der Waals surface area contributed by atoms with E-state index in [0.717, 1.165) is 16.9 Å². The van der Waals surface area contributed by atoms with Crippen molar-refractivity contribution in [2.45, 2.75) is 39.3 Å². The third-order valence-corrected chi connectivity index (χ3v) is 4.46. The molecule has 2 aromatic rings. The Labute approximate surface area is 177 Å². The molecule has 0 fully saturated rings. The second-order valence-corrected chi connectivity index (χ2v) is 6.58. The fourth-order valence-corrected chi connectivity index (χ4v) is 2.88. The van der Waals surface area contributed by atoms with Crippen molar-refractivity contribution in [3.8, 4) is 17.2 Å². The van der Waals surface area contributed by atoms with E-state index in [9.17, 15) is 9.59 Å². The molecule has 0 radical (unpaired) electrons. The Kier molecular flexibility index (Phi) is 9.00. The number of benzene rings is 2. The van der Waals surface area contributed by atoms with E-state index < -0.39 is 12.1 Å². The number of hydrogen-bond acceptors (Lipinski definition) is 6. The maximum absolute atomic E-state index is 12.3. The van der Waals surface area contributed by atoms with Crippen LogP contribution in [0.25, 0.3) is 0 Å². The molecule has 0 heterocycles. The van der Waals surface area contributed by atoms with Crippen LogP contribution in [0.1, 0.15) is 31.4 Å². The highest BCUT2D eigenvalue weighted by Gasteiger charge is 2.18. The zero-order chi connectivity index (χ0) is 21.9. The highest BCUT2D eigenvalue weighted by Crippen LogP contribution is 2.27. The Bertz CT molecular complexity index is 851. The third-order valence-electron chi connectivity index (χ3n) is 4.46. The molecule has 7 nitrogen and oxygen atoms in total. The lowest BCUT2D eigenvalue weighted by molar-refractivity contribution is -0.154. The van der Waals surface area contributed by atoms with Gasteiger partial charge in [0.1, 0.15) is 5.75 Å². The van der Waals surface area contributed by atoms with Crippen LogP contribution in [-0.2, 0) is 27.3 Å². The molecule has 0 aliphatic rings. The molecule has 1 atom stereocenters. The number of amides is 1. The fraction of sp³-hybridized carbons (Fsp3) is 0.391. The molecule has 2 aromatic carbocycles. The Morgan fingerprint density at radius 2 is 1.73 bits per heavy atom. The number of aryl methyl sites for hydroxylation is 1. The normalized spacial score (nSPS) is 11.3. The van der Waals surface area contributed by atoms with Gasteiger partial charge in [0.2, 0.25) is 0 Å². The number of carbonyl (C=O) groups is 2. The van der Waals surface area contributed by atoms with Crippen molar-refractivity contribution < 1.29 is 28.5 Å². The van der Waals surface area contributed by atoms with Gasteiger partial charge in [0.25, 0.3) is 5.91 Å². The van der Waals surface area contributed by atoms with Gasteiger partial charge >= 0.3 is 5.97 Å². The van der Waals surface area contributed by atoms with E-state index in [2.05, 4.69) is 5.32 Å². The van der Waals surface area contributed by atoms with Crippen LogP contribution < -0.4 is 19.5 Å². The quantitative estimate of drug-likeness (QED) is 0.567. The smallest absolute Gasteiger partial charge is 0.306 e. The van der Waals surface area contributed by atoms with Crippen molar-refractivity contribution >= 4 is 11.9 Å². The van der Waals surface area contributed by atoms with Crippen molar-refractivity contribution in [2.24, 2.45) is 0 Å². The number of carbonyl (C=O) groups excluding carboxylic acids is 2. The summed E-state index contributed by atoms with van der Waals surface area (Å²) in [6.07, 6.45) is -0.244. The molecule has 0 aliphatic carbocycles. The minimum Gasteiger partial charge on any atom is -0.494 e. The lowest BCUT2D eigenvalue weighted by Crippen LogP contribution is -2.35. The maximum atomic E-state index is 12.3. The average Bonchev–Trinajstić information content (AvgIpc) is 2.76. The number of esters is 1. The Morgan fingerprint density at radius 3 is 2.43 bits per heavy atom. The molecule has 0 saturated carbocycles. The molecule has 7 heteroatoms. The molecule has 1 unspecified atom stereocenters. The summed E-state index contributed by atoms with van der Waals surface area (Å²) in [7, 11) is 3.11. The molecule has 30 heavy (non-hydrogen) atoms. The van der Waals surface area contributed by atoms with Gasteiger partial charge in [-0.1, -0.05) is 24.3 Å². The largest absolute Gasteiger partial charge is 0.494 e. The Hall–Kier alpha value is -3.22. The molecule has 2 rings (SSSR count). The van der Waals surface area contributed by atoms with Gasteiger partial charge in [0.15, 0.2) is 17.6 Å². The van der Waals surface area contributed by atoms with Crippen molar-refractivity contribution in [3.05, 3.63) is 53.6 Å². The first kappa shape index (κ1) is 23.1. The summed E-state index contributed by atoms with van der Waals surface area (Å²) < 4.78 is 21.3. The zero-order valence-electron chi connectivity index (χ0n) is 17.9. The molecule has 0 saturated heterocycles. The van der Waals surface area contributed by atoms with E-state index in [1.807, 2.05) is 37.3 Å². The molecule has 1 amide bonds. The fourth-order valence-electron chi connectivity index (χ4n) is 2.88. The number of ether oxygens (including phenoxy) is 4. The first-order chi connectivity index (χ1) is 14.5. The predicted molar refractivity (Wildman–Crippen MR) is 113 cm³/mol. The minimum atomic E-state index is -0.889. The summed E-state index contributed by atoms with van der Waals surface area (Å²) in [6, 6.07) is 12.9. The summed E-state index contributed by atoms with van der Waals surface area (Å²) in [5, 5.41) is 2.76. The maximum Gasteiger partial charge on any atom is 0.306 e. The van der Waals surface area contributed by atoms with Crippen LogP contribution in [-0.4, -0.2) is 38.8 Å². The van der Waals surface area contributed by atoms with Gasteiger partial charge < -0.3 is 24.3 Å². The van der Waals surface area contributed by atoms with Crippen LogP contribution in [0.15, 0.2) is 42.5 Å². The number of rotatable bonds is 11. The van der Waals surface area contributed by atoms with E-state index >= 15 is 0 Å². The Balaban J connectivity index is 1.82. The molecule has 0 aliphatic heterocycles. The number of para-hydroxylation sites is 1.